The molecule has 0 saturated heterocycles. The number of nitrogens with one attached hydrogen (secondary N) is 1. The summed E-state index contributed by atoms with van der Waals surface area (Å²) in [6.07, 6.45) is 2.40. The summed E-state index contributed by atoms with van der Waals surface area (Å²) in [5.41, 5.74) is 2.39. The smallest absolute Gasteiger partial charge is 0.0543 e. The molecular weight excluding hydrogens is 246 g/mol. The third-order valence-corrected chi connectivity index (χ3v) is 3.72. The van der Waals surface area contributed by atoms with Crippen molar-refractivity contribution in [1.82, 2.24) is 5.32 Å². The third kappa shape index (κ3) is 4.60. The van der Waals surface area contributed by atoms with Gasteiger partial charge in [-0.15, -0.1) is 0 Å². The van der Waals surface area contributed by atoms with Crippen LogP contribution in [0.25, 0.3) is 0 Å². The van der Waals surface area contributed by atoms with Gasteiger partial charge in [-0.25, -0.2) is 0 Å². The van der Waals surface area contributed by atoms with Gasteiger partial charge in [-0.1, -0.05) is 30.7 Å². The molecule has 1 aromatic rings. The van der Waals surface area contributed by atoms with Crippen LogP contribution >= 0.6 is 11.6 Å². The first-order valence-electron chi connectivity index (χ1n) is 6.60. The second-order valence-electron chi connectivity index (χ2n) is 4.74. The Labute approximate surface area is 116 Å². The van der Waals surface area contributed by atoms with E-state index in [2.05, 4.69) is 37.4 Å². The van der Waals surface area contributed by atoms with Crippen molar-refractivity contribution in [2.24, 2.45) is 0 Å². The van der Waals surface area contributed by atoms with Crippen molar-refractivity contribution in [3.05, 3.63) is 34.3 Å². The van der Waals surface area contributed by atoms with Gasteiger partial charge in [0.15, 0.2) is 0 Å². The van der Waals surface area contributed by atoms with Crippen molar-refractivity contribution >= 4 is 11.6 Å². The minimum atomic E-state index is 0.298. The van der Waals surface area contributed by atoms with Crippen LogP contribution in [0.5, 0.6) is 0 Å². The van der Waals surface area contributed by atoms with Crippen LogP contribution < -0.4 is 5.32 Å². The van der Waals surface area contributed by atoms with E-state index in [9.17, 15) is 0 Å². The van der Waals surface area contributed by atoms with Crippen molar-refractivity contribution in [2.75, 3.05) is 13.7 Å². The summed E-state index contributed by atoms with van der Waals surface area (Å²) in [6, 6.07) is 6.67. The van der Waals surface area contributed by atoms with E-state index in [0.717, 1.165) is 30.0 Å². The summed E-state index contributed by atoms with van der Waals surface area (Å²) in [7, 11) is 1.76. The Balaban J connectivity index is 2.73. The lowest BCUT2D eigenvalue weighted by molar-refractivity contribution is 0.106. The largest absolute Gasteiger partial charge is 0.382 e. The van der Waals surface area contributed by atoms with Gasteiger partial charge in [-0.05, 0) is 50.4 Å². The first-order valence-corrected chi connectivity index (χ1v) is 6.98. The maximum absolute atomic E-state index is 6.20. The third-order valence-electron chi connectivity index (χ3n) is 3.31. The monoisotopic (exact) mass is 269 g/mol. The number of halogens is 1. The lowest BCUT2D eigenvalue weighted by atomic mass is 9.99. The lowest BCUT2D eigenvalue weighted by Crippen LogP contribution is -2.22. The van der Waals surface area contributed by atoms with E-state index in [0.29, 0.717) is 12.1 Å². The average molecular weight is 270 g/mol. The maximum atomic E-state index is 6.20. The topological polar surface area (TPSA) is 21.3 Å². The number of rotatable bonds is 7. The van der Waals surface area contributed by atoms with E-state index in [1.807, 2.05) is 6.92 Å². The van der Waals surface area contributed by atoms with Gasteiger partial charge in [0, 0.05) is 18.2 Å². The predicted molar refractivity (Wildman–Crippen MR) is 78.3 cm³/mol. The highest BCUT2D eigenvalue weighted by molar-refractivity contribution is 6.31. The van der Waals surface area contributed by atoms with Gasteiger partial charge < -0.3 is 10.1 Å². The molecule has 1 N–H and O–H groups in total. The molecule has 0 radical (unpaired) electrons. The van der Waals surface area contributed by atoms with Crippen LogP contribution in [-0.2, 0) is 4.74 Å². The highest BCUT2D eigenvalue weighted by Crippen LogP contribution is 2.25. The number of methoxy groups -OCH3 is 1. The van der Waals surface area contributed by atoms with E-state index in [4.69, 9.17) is 16.3 Å². The fourth-order valence-corrected chi connectivity index (χ4v) is 2.17. The molecule has 0 spiro atoms. The minimum absolute atomic E-state index is 0.298. The van der Waals surface area contributed by atoms with E-state index in [1.165, 1.54) is 5.56 Å². The highest BCUT2D eigenvalue weighted by Gasteiger charge is 2.13. The standard InChI is InChI=1S/C15H24ClNO/c1-5-17-15(9-7-12(3)18-4)13-8-6-11(2)14(16)10-13/h6,8,10,12,15,17H,5,7,9H2,1-4H3. The zero-order chi connectivity index (χ0) is 13.5. The van der Waals surface area contributed by atoms with Crippen LogP contribution in [-0.4, -0.2) is 19.8 Å². The Morgan fingerprint density at radius 2 is 2.06 bits per heavy atom. The summed E-state index contributed by atoms with van der Waals surface area (Å²) in [5, 5.41) is 4.35. The van der Waals surface area contributed by atoms with Gasteiger partial charge in [-0.2, -0.15) is 0 Å². The van der Waals surface area contributed by atoms with E-state index < -0.39 is 0 Å². The second-order valence-corrected chi connectivity index (χ2v) is 5.15. The molecule has 1 rings (SSSR count). The summed E-state index contributed by atoms with van der Waals surface area (Å²) in [6.45, 7) is 7.21. The highest BCUT2D eigenvalue weighted by atomic mass is 35.5. The van der Waals surface area contributed by atoms with Crippen LogP contribution in [0, 0.1) is 6.92 Å². The SMILES string of the molecule is CCNC(CCC(C)OC)c1ccc(C)c(Cl)c1. The zero-order valence-corrected chi connectivity index (χ0v) is 12.6. The van der Waals surface area contributed by atoms with Crippen molar-refractivity contribution in [3.63, 3.8) is 0 Å². The Morgan fingerprint density at radius 3 is 2.61 bits per heavy atom. The maximum Gasteiger partial charge on any atom is 0.0543 e. The average Bonchev–Trinajstić information content (AvgIpc) is 2.37. The number of hydrogen-bond acceptors (Lipinski definition) is 2. The normalized spacial score (nSPS) is 14.5. The van der Waals surface area contributed by atoms with Crippen molar-refractivity contribution in [3.8, 4) is 0 Å². The first-order chi connectivity index (χ1) is 8.58. The number of hydrogen-bond donors (Lipinski definition) is 1. The molecule has 18 heavy (non-hydrogen) atoms. The fourth-order valence-electron chi connectivity index (χ4n) is 1.98. The molecule has 0 heterocycles. The molecule has 2 unspecified atom stereocenters. The van der Waals surface area contributed by atoms with Crippen molar-refractivity contribution in [1.29, 1.82) is 0 Å². The quantitative estimate of drug-likeness (QED) is 0.804. The molecule has 0 bridgehead atoms. The van der Waals surface area contributed by atoms with E-state index in [-0.39, 0.29) is 0 Å². The van der Waals surface area contributed by atoms with Gasteiger partial charge in [0.25, 0.3) is 0 Å². The van der Waals surface area contributed by atoms with Crippen LogP contribution in [0.1, 0.15) is 43.9 Å². The molecule has 0 aliphatic carbocycles. The molecule has 2 atom stereocenters. The van der Waals surface area contributed by atoms with Gasteiger partial charge in [0.05, 0.1) is 6.10 Å². The van der Waals surface area contributed by atoms with E-state index in [1.54, 1.807) is 7.11 Å². The summed E-state index contributed by atoms with van der Waals surface area (Å²) >= 11 is 6.20. The molecule has 3 heteroatoms. The number of benzene rings is 1. The minimum Gasteiger partial charge on any atom is -0.382 e. The Hall–Kier alpha value is -0.570. The lowest BCUT2D eigenvalue weighted by Gasteiger charge is -2.20. The molecule has 0 aliphatic heterocycles. The fraction of sp³-hybridized carbons (Fsp3) is 0.600. The Morgan fingerprint density at radius 1 is 1.33 bits per heavy atom. The first kappa shape index (κ1) is 15.5. The van der Waals surface area contributed by atoms with Crippen LogP contribution in [0.4, 0.5) is 0 Å². The number of aryl methyl sites for hydroxylation is 1. The van der Waals surface area contributed by atoms with Gasteiger partial charge in [0.2, 0.25) is 0 Å². The summed E-state index contributed by atoms with van der Waals surface area (Å²) < 4.78 is 5.30. The zero-order valence-electron chi connectivity index (χ0n) is 11.8. The van der Waals surface area contributed by atoms with Crippen molar-refractivity contribution < 1.29 is 4.74 Å². The Bertz CT molecular complexity index is 368. The van der Waals surface area contributed by atoms with Crippen LogP contribution in [0.3, 0.4) is 0 Å². The van der Waals surface area contributed by atoms with E-state index >= 15 is 0 Å². The second kappa shape index (κ2) is 7.78. The molecule has 0 fully saturated rings. The molecule has 0 saturated carbocycles. The predicted octanol–water partition coefficient (Wildman–Crippen LogP) is 4.11. The van der Waals surface area contributed by atoms with Gasteiger partial charge >= 0.3 is 0 Å². The number of ether oxygens (including phenoxy) is 1. The molecule has 0 aliphatic rings. The molecule has 2 nitrogen and oxygen atoms in total. The molecule has 0 aromatic heterocycles. The van der Waals surface area contributed by atoms with Crippen LogP contribution in [0.15, 0.2) is 18.2 Å². The molecular formula is C15H24ClNO. The summed E-state index contributed by atoms with van der Waals surface area (Å²) in [5.74, 6) is 0. The molecule has 0 amide bonds. The van der Waals surface area contributed by atoms with Crippen molar-refractivity contribution in [2.45, 2.75) is 45.8 Å². The Kier molecular flexibility index (Phi) is 6.69. The molecule has 102 valence electrons. The summed E-state index contributed by atoms with van der Waals surface area (Å²) in [4.78, 5) is 0. The van der Waals surface area contributed by atoms with Crippen LogP contribution in [0.2, 0.25) is 5.02 Å². The van der Waals surface area contributed by atoms with Gasteiger partial charge in [-0.3, -0.25) is 0 Å². The molecule has 1 aromatic carbocycles. The van der Waals surface area contributed by atoms with Gasteiger partial charge in [0.1, 0.15) is 0 Å².